The molecule has 25 atom stereocenters. The van der Waals surface area contributed by atoms with Crippen LogP contribution in [0, 0.1) is 0 Å². The maximum Gasteiger partial charge on any atom is 0.251 e. The number of hydrogen-bond acceptors (Lipinski definition) is 26. The summed E-state index contributed by atoms with van der Waals surface area (Å²) in [5.41, 5.74) is 0.0635. The normalized spacial score (nSPS) is 37.8. The number of unbranched alkanes of at least 4 members (excludes halogenated alkanes) is 5. The molecule has 0 aromatic heterocycles. The minimum Gasteiger partial charge on any atom is -0.494 e. The van der Waals surface area contributed by atoms with E-state index >= 15 is 0 Å². The van der Waals surface area contributed by atoms with E-state index in [4.69, 9.17) is 47.4 Å². The zero-order chi connectivity index (χ0) is 64.5. The molecule has 6 rings (SSSR count). The van der Waals surface area contributed by atoms with Gasteiger partial charge in [0.05, 0.1) is 51.8 Å². The van der Waals surface area contributed by atoms with E-state index in [1.54, 1.807) is 12.1 Å². The standard InChI is InChI=1S/C57H91N5O26/c1-7-8-9-10-11-12-13-14-15-19-79-32-18-16-17-31(20-32)53(78)62-39-44(73)43(72)33(21-63)81-54(39)86-50-35(23-65)83-56(41(46(50)75)60-29(5)70)88-52-37(25-67)84-57(42(48(52)77)61-30(6)71)87-51-36(24-66)82-55(40(47(51)76)59-28(4)69)85-49-34(22-64)80-26(2)38(45(49)74)58-27(3)68/h12-13,16-18,20,26,33-52,54-57,63-67,72-77H,7-11,14-15,19,21-25H2,1-6H3,(H,58,68)(H,59,69)(H,60,70)(H,61,71)(H,62,78)/b13-12-/t26?,33?,34?,35-,36-,37?,38?,39?,40?,41?,42?,43?,44?,45?,46?,47?,48?,49?,50?,51?,52?,54?,55-,56-,57?/m0/s1. The number of hydrogen-bond donors (Lipinski definition) is 16. The van der Waals surface area contributed by atoms with Gasteiger partial charge in [0.15, 0.2) is 25.2 Å². The molecule has 5 fully saturated rings. The van der Waals surface area contributed by atoms with E-state index in [9.17, 15) is 80.1 Å². The molecular weight excluding hydrogens is 1170 g/mol. The van der Waals surface area contributed by atoms with Crippen LogP contribution < -0.4 is 31.3 Å². The number of aliphatic hydroxyl groups excluding tert-OH is 11. The number of rotatable bonds is 29. The van der Waals surface area contributed by atoms with Crippen LogP contribution in [0.4, 0.5) is 0 Å². The average Bonchev–Trinajstić information content (AvgIpc) is 1.44. The number of allylic oxidation sites excluding steroid dienone is 2. The Kier molecular flexibility index (Phi) is 28.5. The smallest absolute Gasteiger partial charge is 0.251 e. The molecule has 16 N–H and O–H groups in total. The molecule has 1 aromatic carbocycles. The number of ether oxygens (including phenoxy) is 10. The van der Waals surface area contributed by atoms with Gasteiger partial charge in [-0.2, -0.15) is 0 Å². The van der Waals surface area contributed by atoms with Gasteiger partial charge in [-0.05, 0) is 50.8 Å². The second kappa shape index (κ2) is 34.7. The summed E-state index contributed by atoms with van der Waals surface area (Å²) in [5.74, 6) is -3.30. The van der Waals surface area contributed by atoms with Crippen molar-refractivity contribution in [1.82, 2.24) is 26.6 Å². The molecular formula is C57H91N5O26. The number of carbonyl (C=O) groups is 5. The minimum atomic E-state index is -2.01. The molecule has 500 valence electrons. The first-order chi connectivity index (χ1) is 42.0. The van der Waals surface area contributed by atoms with E-state index in [0.717, 1.165) is 40.0 Å². The summed E-state index contributed by atoms with van der Waals surface area (Å²) in [6.07, 6.45) is -22.4. The molecule has 0 spiro atoms. The number of nitrogens with one attached hydrogen (secondary N) is 5. The lowest BCUT2D eigenvalue weighted by Gasteiger charge is -2.51. The predicted molar refractivity (Wildman–Crippen MR) is 301 cm³/mol. The molecule has 0 radical (unpaired) electrons. The Labute approximate surface area is 509 Å². The van der Waals surface area contributed by atoms with E-state index in [0.29, 0.717) is 18.8 Å². The molecule has 88 heavy (non-hydrogen) atoms. The van der Waals surface area contributed by atoms with E-state index < -0.39 is 216 Å². The minimum absolute atomic E-state index is 0.0635. The molecule has 5 aliphatic heterocycles. The molecule has 5 saturated heterocycles. The van der Waals surface area contributed by atoms with Gasteiger partial charge in [0.25, 0.3) is 5.91 Å². The van der Waals surface area contributed by atoms with Crippen LogP contribution in [0.2, 0.25) is 0 Å². The Balaban J connectivity index is 1.18. The fraction of sp³-hybridized carbons (Fsp3) is 0.772. The lowest BCUT2D eigenvalue weighted by Crippen LogP contribution is -2.72. The first-order valence-corrected chi connectivity index (χ1v) is 29.8. The van der Waals surface area contributed by atoms with Crippen LogP contribution in [0.25, 0.3) is 0 Å². The Morgan fingerprint density at radius 2 is 0.841 bits per heavy atom. The van der Waals surface area contributed by atoms with Crippen LogP contribution in [0.1, 0.15) is 96.8 Å². The summed E-state index contributed by atoms with van der Waals surface area (Å²) in [4.78, 5) is 64.3. The number of aliphatic hydroxyl groups is 11. The third-order valence-electron chi connectivity index (χ3n) is 15.8. The second-order valence-corrected chi connectivity index (χ2v) is 22.6. The molecule has 31 nitrogen and oxygen atoms in total. The summed E-state index contributed by atoms with van der Waals surface area (Å²) in [6, 6.07) is -1.61. The molecule has 0 saturated carbocycles. The lowest BCUT2D eigenvalue weighted by molar-refractivity contribution is -0.366. The average molecular weight is 1260 g/mol. The summed E-state index contributed by atoms with van der Waals surface area (Å²) >= 11 is 0. The Hall–Kier alpha value is -4.69. The zero-order valence-corrected chi connectivity index (χ0v) is 50.1. The van der Waals surface area contributed by atoms with Crippen LogP contribution in [-0.2, 0) is 61.8 Å². The SMILES string of the molecule is CCCCCC/C=C\CCCOc1cccc(C(=O)NC2C(OC3C(O)C(NC(C)=O)[C@H](OC4C(CO)OC(OC5C(O)C(NC(C)=O)[C@H](OC6C(CO)OC(C)C(NC(C)=O)C6O)O[C@H]5CO)C(NC(C)=O)C4O)O[C@H]3CO)OC(CO)C(O)C2O)c1. The number of carbonyl (C=O) groups excluding carboxylic acids is 5. The van der Waals surface area contributed by atoms with Gasteiger partial charge in [0, 0.05) is 33.3 Å². The lowest BCUT2D eigenvalue weighted by atomic mass is 9.92. The van der Waals surface area contributed by atoms with Gasteiger partial charge in [0.1, 0.15) is 121 Å². The molecule has 31 heteroatoms. The molecule has 0 bridgehead atoms. The van der Waals surface area contributed by atoms with Crippen molar-refractivity contribution in [3.63, 3.8) is 0 Å². The van der Waals surface area contributed by atoms with E-state index in [2.05, 4.69) is 45.7 Å². The molecule has 5 heterocycles. The first kappa shape index (κ1) is 72.4. The second-order valence-electron chi connectivity index (χ2n) is 22.6. The van der Waals surface area contributed by atoms with Gasteiger partial charge in [-0.15, -0.1) is 0 Å². The third kappa shape index (κ3) is 18.7. The van der Waals surface area contributed by atoms with Crippen molar-refractivity contribution in [3.8, 4) is 5.75 Å². The highest BCUT2D eigenvalue weighted by molar-refractivity contribution is 5.94. The predicted octanol–water partition coefficient (Wildman–Crippen LogP) is -5.16. The molecule has 1 aromatic rings. The van der Waals surface area contributed by atoms with Gasteiger partial charge in [-0.3, -0.25) is 24.0 Å². The summed E-state index contributed by atoms with van der Waals surface area (Å²) in [6.45, 7) is 3.96. The van der Waals surface area contributed by atoms with Gasteiger partial charge in [-0.1, -0.05) is 44.4 Å². The van der Waals surface area contributed by atoms with Crippen molar-refractivity contribution in [2.45, 2.75) is 240 Å². The van der Waals surface area contributed by atoms with E-state index in [-0.39, 0.29) is 5.56 Å². The Bertz CT molecular complexity index is 2400. The van der Waals surface area contributed by atoms with Crippen LogP contribution in [0.3, 0.4) is 0 Å². The molecule has 5 amide bonds. The maximum absolute atomic E-state index is 13.9. The number of amides is 5. The van der Waals surface area contributed by atoms with Crippen molar-refractivity contribution in [1.29, 1.82) is 0 Å². The van der Waals surface area contributed by atoms with Crippen LogP contribution >= 0.6 is 0 Å². The van der Waals surface area contributed by atoms with Gasteiger partial charge in [-0.25, -0.2) is 0 Å². The summed E-state index contributed by atoms with van der Waals surface area (Å²) in [7, 11) is 0. The quantitative estimate of drug-likeness (QED) is 0.0263. The summed E-state index contributed by atoms with van der Waals surface area (Å²) in [5, 5.41) is 135. The van der Waals surface area contributed by atoms with E-state index in [1.165, 1.54) is 45.2 Å². The topological polar surface area (TPSA) is 460 Å². The van der Waals surface area contributed by atoms with Crippen LogP contribution in [0.5, 0.6) is 5.75 Å². The molecule has 21 unspecified atom stereocenters. The highest BCUT2D eigenvalue weighted by Gasteiger charge is 2.57. The highest BCUT2D eigenvalue weighted by Crippen LogP contribution is 2.36. The maximum atomic E-state index is 13.9. The molecule has 5 aliphatic rings. The summed E-state index contributed by atoms with van der Waals surface area (Å²) < 4.78 is 60.6. The van der Waals surface area contributed by atoms with Crippen molar-refractivity contribution in [2.75, 3.05) is 39.6 Å². The van der Waals surface area contributed by atoms with Crippen molar-refractivity contribution in [3.05, 3.63) is 42.0 Å². The number of benzene rings is 1. The fourth-order valence-corrected chi connectivity index (χ4v) is 11.4. The fourth-order valence-electron chi connectivity index (χ4n) is 11.4. The van der Waals surface area contributed by atoms with E-state index in [1.807, 2.05) is 0 Å². The van der Waals surface area contributed by atoms with Crippen molar-refractivity contribution >= 4 is 29.5 Å². The largest absolute Gasteiger partial charge is 0.494 e. The highest BCUT2D eigenvalue weighted by atomic mass is 16.8. The van der Waals surface area contributed by atoms with Crippen LogP contribution in [0.15, 0.2) is 36.4 Å². The van der Waals surface area contributed by atoms with Gasteiger partial charge in [0.2, 0.25) is 23.6 Å². The zero-order valence-electron chi connectivity index (χ0n) is 50.1. The van der Waals surface area contributed by atoms with Gasteiger partial charge >= 0.3 is 0 Å². The first-order valence-electron chi connectivity index (χ1n) is 29.8. The van der Waals surface area contributed by atoms with Crippen molar-refractivity contribution < 1.29 is 128 Å². The monoisotopic (exact) mass is 1260 g/mol. The Morgan fingerprint density at radius 1 is 0.466 bits per heavy atom. The van der Waals surface area contributed by atoms with Crippen molar-refractivity contribution in [2.24, 2.45) is 0 Å². The molecule has 0 aliphatic carbocycles. The van der Waals surface area contributed by atoms with Crippen LogP contribution in [-0.4, -0.2) is 278 Å². The van der Waals surface area contributed by atoms with Gasteiger partial charge < -0.3 is 130 Å². The third-order valence-corrected chi connectivity index (χ3v) is 15.8. The Morgan fingerprint density at radius 3 is 1.25 bits per heavy atom.